The lowest BCUT2D eigenvalue weighted by Gasteiger charge is -2.19. The Bertz CT molecular complexity index is 1400. The van der Waals surface area contributed by atoms with E-state index in [1.807, 2.05) is 30.3 Å². The highest BCUT2D eigenvalue weighted by atomic mass is 32.2. The summed E-state index contributed by atoms with van der Waals surface area (Å²) in [7, 11) is -3.87. The second-order valence-electron chi connectivity index (χ2n) is 8.69. The van der Waals surface area contributed by atoms with Gasteiger partial charge in [0.25, 0.3) is 10.0 Å². The number of nitrogens with one attached hydrogen (secondary N) is 2. The summed E-state index contributed by atoms with van der Waals surface area (Å²) < 4.78 is 28.8. The van der Waals surface area contributed by atoms with Crippen LogP contribution in [0, 0.1) is 0 Å². The number of H-pyrrole nitrogens is 1. The Balaban J connectivity index is 1.77. The molecule has 0 bridgehead atoms. The summed E-state index contributed by atoms with van der Waals surface area (Å²) in [5.41, 5.74) is 3.24. The van der Waals surface area contributed by atoms with Crippen LogP contribution < -0.4 is 4.72 Å². The molecule has 4 aromatic rings. The smallest absolute Gasteiger partial charge is 0.352 e. The Labute approximate surface area is 187 Å². The first-order valence-electron chi connectivity index (χ1n) is 10.1. The van der Waals surface area contributed by atoms with E-state index in [2.05, 4.69) is 30.5 Å². The van der Waals surface area contributed by atoms with E-state index in [-0.39, 0.29) is 16.0 Å². The second kappa shape index (κ2) is 7.84. The number of sulfonamides is 1. The minimum Gasteiger partial charge on any atom is -0.477 e. The Morgan fingerprint density at radius 2 is 1.59 bits per heavy atom. The van der Waals surface area contributed by atoms with Crippen molar-refractivity contribution in [3.05, 3.63) is 84.1 Å². The molecule has 0 spiro atoms. The van der Waals surface area contributed by atoms with Gasteiger partial charge in [0.1, 0.15) is 5.69 Å². The van der Waals surface area contributed by atoms with Gasteiger partial charge in [-0.1, -0.05) is 63.2 Å². The average Bonchev–Trinajstić information content (AvgIpc) is 3.13. The molecule has 164 valence electrons. The molecule has 0 radical (unpaired) electrons. The molecule has 0 unspecified atom stereocenters. The zero-order valence-electron chi connectivity index (χ0n) is 18.0. The molecule has 7 heteroatoms. The number of hydrogen-bond donors (Lipinski definition) is 3. The molecular weight excluding hydrogens is 424 g/mol. The van der Waals surface area contributed by atoms with Crippen molar-refractivity contribution in [2.75, 3.05) is 4.72 Å². The van der Waals surface area contributed by atoms with Gasteiger partial charge >= 0.3 is 5.97 Å². The molecule has 3 aromatic carbocycles. The predicted octanol–water partition coefficient (Wildman–Crippen LogP) is 5.63. The quantitative estimate of drug-likeness (QED) is 0.368. The lowest BCUT2D eigenvalue weighted by Crippen LogP contribution is -2.14. The van der Waals surface area contributed by atoms with Crippen molar-refractivity contribution in [2.24, 2.45) is 0 Å². The number of benzene rings is 3. The summed E-state index contributed by atoms with van der Waals surface area (Å²) in [5.74, 6) is -1.11. The molecule has 1 aromatic heterocycles. The molecule has 1 heterocycles. The van der Waals surface area contributed by atoms with Crippen molar-refractivity contribution in [3.8, 4) is 11.1 Å². The van der Waals surface area contributed by atoms with E-state index in [4.69, 9.17) is 0 Å². The van der Waals surface area contributed by atoms with Crippen LogP contribution in [0.15, 0.2) is 77.7 Å². The van der Waals surface area contributed by atoms with E-state index in [0.717, 1.165) is 5.56 Å². The average molecular weight is 449 g/mol. The number of anilines is 1. The fraction of sp³-hybridized carbons (Fsp3) is 0.160. The maximum absolute atomic E-state index is 13.1. The highest BCUT2D eigenvalue weighted by molar-refractivity contribution is 7.92. The molecule has 0 aliphatic carbocycles. The minimum absolute atomic E-state index is 0.0199. The van der Waals surface area contributed by atoms with Gasteiger partial charge in [-0.05, 0) is 46.9 Å². The first-order valence-corrected chi connectivity index (χ1v) is 11.6. The molecular formula is C25H24N2O4S. The molecule has 6 nitrogen and oxygen atoms in total. The van der Waals surface area contributed by atoms with E-state index in [1.165, 1.54) is 12.1 Å². The van der Waals surface area contributed by atoms with E-state index < -0.39 is 16.0 Å². The van der Waals surface area contributed by atoms with Gasteiger partial charge in [-0.3, -0.25) is 4.72 Å². The SMILES string of the molecule is CC(C)(C)c1ccc(NS(=O)(=O)c2ccc3[nH]c(C(=O)O)c(-c4ccccc4)c3c2)cc1. The number of aromatic carboxylic acids is 1. The van der Waals surface area contributed by atoms with Gasteiger partial charge in [0, 0.05) is 22.2 Å². The first kappa shape index (κ1) is 21.6. The standard InChI is InChI=1S/C25H24N2O4S/c1-25(2,3)17-9-11-18(12-10-17)27-32(30,31)19-13-14-21-20(15-19)22(23(26-21)24(28)29)16-7-5-4-6-8-16/h4-15,26-27H,1-3H3,(H,28,29). The lowest BCUT2D eigenvalue weighted by molar-refractivity contribution is 0.0692. The Morgan fingerprint density at radius 3 is 2.19 bits per heavy atom. The molecule has 0 atom stereocenters. The van der Waals surface area contributed by atoms with E-state index >= 15 is 0 Å². The van der Waals surface area contributed by atoms with Gasteiger partial charge in [0.05, 0.1) is 4.90 Å². The van der Waals surface area contributed by atoms with Crippen LogP contribution in [0.4, 0.5) is 5.69 Å². The van der Waals surface area contributed by atoms with Crippen molar-refractivity contribution in [2.45, 2.75) is 31.1 Å². The summed E-state index contributed by atoms with van der Waals surface area (Å²) in [5, 5.41) is 10.2. The van der Waals surface area contributed by atoms with Crippen LogP contribution in [-0.2, 0) is 15.4 Å². The third kappa shape index (κ3) is 4.11. The third-order valence-electron chi connectivity index (χ3n) is 5.36. The summed E-state index contributed by atoms with van der Waals surface area (Å²) in [6.07, 6.45) is 0. The molecule has 0 aliphatic heterocycles. The van der Waals surface area contributed by atoms with E-state index in [0.29, 0.717) is 27.7 Å². The van der Waals surface area contributed by atoms with Crippen LogP contribution in [0.5, 0.6) is 0 Å². The van der Waals surface area contributed by atoms with Gasteiger partial charge in [-0.25, -0.2) is 13.2 Å². The lowest BCUT2D eigenvalue weighted by atomic mass is 9.87. The highest BCUT2D eigenvalue weighted by Gasteiger charge is 2.22. The van der Waals surface area contributed by atoms with Crippen molar-refractivity contribution in [1.29, 1.82) is 0 Å². The Kier molecular flexibility index (Phi) is 5.30. The zero-order chi connectivity index (χ0) is 23.1. The highest BCUT2D eigenvalue weighted by Crippen LogP contribution is 2.34. The minimum atomic E-state index is -3.87. The molecule has 0 amide bonds. The van der Waals surface area contributed by atoms with Crippen molar-refractivity contribution in [1.82, 2.24) is 4.98 Å². The molecule has 0 saturated heterocycles. The van der Waals surface area contributed by atoms with Crippen LogP contribution in [0.3, 0.4) is 0 Å². The molecule has 0 saturated carbocycles. The third-order valence-corrected chi connectivity index (χ3v) is 6.74. The van der Waals surface area contributed by atoms with Crippen LogP contribution in [0.1, 0.15) is 36.8 Å². The molecule has 0 fully saturated rings. The van der Waals surface area contributed by atoms with E-state index in [1.54, 1.807) is 30.3 Å². The summed E-state index contributed by atoms with van der Waals surface area (Å²) in [6, 6.07) is 20.9. The van der Waals surface area contributed by atoms with Crippen LogP contribution >= 0.6 is 0 Å². The first-order chi connectivity index (χ1) is 15.1. The summed E-state index contributed by atoms with van der Waals surface area (Å²) >= 11 is 0. The Hall–Kier alpha value is -3.58. The fourth-order valence-corrected chi connectivity index (χ4v) is 4.74. The second-order valence-corrected chi connectivity index (χ2v) is 10.4. The summed E-state index contributed by atoms with van der Waals surface area (Å²) in [4.78, 5) is 14.8. The van der Waals surface area contributed by atoms with Gasteiger partial charge in [-0.15, -0.1) is 0 Å². The number of carbonyl (C=O) groups is 1. The largest absolute Gasteiger partial charge is 0.477 e. The number of aromatic nitrogens is 1. The number of aromatic amines is 1. The van der Waals surface area contributed by atoms with Gasteiger partial charge < -0.3 is 10.1 Å². The number of carboxylic acid groups (broad SMARTS) is 1. The predicted molar refractivity (Wildman–Crippen MR) is 127 cm³/mol. The molecule has 3 N–H and O–H groups in total. The number of carboxylic acids is 1. The number of hydrogen-bond acceptors (Lipinski definition) is 3. The van der Waals surface area contributed by atoms with Gasteiger partial charge in [0.15, 0.2) is 0 Å². The van der Waals surface area contributed by atoms with Crippen LogP contribution in [0.2, 0.25) is 0 Å². The monoisotopic (exact) mass is 448 g/mol. The van der Waals surface area contributed by atoms with Crippen molar-refractivity contribution in [3.63, 3.8) is 0 Å². The number of rotatable bonds is 5. The maximum Gasteiger partial charge on any atom is 0.352 e. The van der Waals surface area contributed by atoms with Crippen molar-refractivity contribution < 1.29 is 18.3 Å². The normalized spacial score (nSPS) is 12.1. The Morgan fingerprint density at radius 1 is 0.938 bits per heavy atom. The topological polar surface area (TPSA) is 99.3 Å². The maximum atomic E-state index is 13.1. The molecule has 0 aliphatic rings. The van der Waals surface area contributed by atoms with E-state index in [9.17, 15) is 18.3 Å². The molecule has 4 rings (SSSR count). The van der Waals surface area contributed by atoms with Gasteiger partial charge in [-0.2, -0.15) is 0 Å². The molecule has 32 heavy (non-hydrogen) atoms. The van der Waals surface area contributed by atoms with Gasteiger partial charge in [0.2, 0.25) is 0 Å². The van der Waals surface area contributed by atoms with Crippen LogP contribution in [-0.4, -0.2) is 24.5 Å². The zero-order valence-corrected chi connectivity index (χ0v) is 18.8. The fourth-order valence-electron chi connectivity index (χ4n) is 3.66. The van der Waals surface area contributed by atoms with Crippen LogP contribution in [0.25, 0.3) is 22.0 Å². The van der Waals surface area contributed by atoms with Crippen molar-refractivity contribution >= 4 is 32.6 Å². The number of fused-ring (bicyclic) bond motifs is 1. The summed E-state index contributed by atoms with van der Waals surface area (Å²) in [6.45, 7) is 6.27.